The predicted octanol–water partition coefficient (Wildman–Crippen LogP) is 4.47. The van der Waals surface area contributed by atoms with Crippen molar-refractivity contribution in [3.8, 4) is 0 Å². The lowest BCUT2D eigenvalue weighted by atomic mass is 9.92. The third kappa shape index (κ3) is 4.12. The number of nitrogens with zero attached hydrogens (tertiary/aromatic N) is 2. The summed E-state index contributed by atoms with van der Waals surface area (Å²) in [6.45, 7) is 10.4. The summed E-state index contributed by atoms with van der Waals surface area (Å²) in [7, 11) is 4.26. The highest BCUT2D eigenvalue weighted by molar-refractivity contribution is 5.51. The summed E-state index contributed by atoms with van der Waals surface area (Å²) in [6, 6.07) is 7.75. The molecule has 2 aliphatic rings. The zero-order chi connectivity index (χ0) is 17.3. The fraction of sp³-hybridized carbons (Fsp3) is 0.714. The Bertz CT molecular complexity index is 555. The standard InChI is InChI=1S/C21H35N3/c1-21(2,3)24-13-6-7-20(24)19-15-17(22-12-14-23(4)5)10-11-18(19)16-8-9-16/h10-11,15-16,20,22H,6-9,12-14H2,1-5H3. The second-order valence-electron chi connectivity index (χ2n) is 8.87. The van der Waals surface area contributed by atoms with Gasteiger partial charge in [0.05, 0.1) is 0 Å². The van der Waals surface area contributed by atoms with Crippen molar-refractivity contribution in [2.45, 2.75) is 64.0 Å². The number of hydrogen-bond acceptors (Lipinski definition) is 3. The van der Waals surface area contributed by atoms with Crippen LogP contribution in [0.25, 0.3) is 0 Å². The van der Waals surface area contributed by atoms with Gasteiger partial charge in [0.15, 0.2) is 0 Å². The summed E-state index contributed by atoms with van der Waals surface area (Å²) >= 11 is 0. The fourth-order valence-corrected chi connectivity index (χ4v) is 4.06. The molecule has 0 spiro atoms. The molecule has 2 fully saturated rings. The summed E-state index contributed by atoms with van der Waals surface area (Å²) in [5, 5.41) is 3.62. The van der Waals surface area contributed by atoms with Gasteiger partial charge in [-0.2, -0.15) is 0 Å². The summed E-state index contributed by atoms with van der Waals surface area (Å²) in [6.07, 6.45) is 5.38. The Balaban J connectivity index is 1.83. The molecule has 0 aromatic heterocycles. The number of nitrogens with one attached hydrogen (secondary N) is 1. The fourth-order valence-electron chi connectivity index (χ4n) is 4.06. The average molecular weight is 330 g/mol. The Morgan fingerprint density at radius 1 is 1.12 bits per heavy atom. The maximum Gasteiger partial charge on any atom is 0.0357 e. The van der Waals surface area contributed by atoms with Crippen LogP contribution in [0.1, 0.15) is 69.5 Å². The quantitative estimate of drug-likeness (QED) is 0.830. The van der Waals surface area contributed by atoms with Crippen molar-refractivity contribution < 1.29 is 0 Å². The molecule has 1 saturated heterocycles. The van der Waals surface area contributed by atoms with Crippen molar-refractivity contribution >= 4 is 5.69 Å². The van der Waals surface area contributed by atoms with Crippen LogP contribution in [0.15, 0.2) is 18.2 Å². The van der Waals surface area contributed by atoms with Gasteiger partial charge in [0.1, 0.15) is 0 Å². The van der Waals surface area contributed by atoms with Crippen molar-refractivity contribution in [3.63, 3.8) is 0 Å². The largest absolute Gasteiger partial charge is 0.384 e. The van der Waals surface area contributed by atoms with Crippen LogP contribution in [0.3, 0.4) is 0 Å². The van der Waals surface area contributed by atoms with E-state index in [2.05, 4.69) is 68.2 Å². The van der Waals surface area contributed by atoms with Crippen molar-refractivity contribution in [2.24, 2.45) is 0 Å². The van der Waals surface area contributed by atoms with Gasteiger partial charge in [-0.1, -0.05) is 6.07 Å². The van der Waals surface area contributed by atoms with Gasteiger partial charge in [-0.05, 0) is 96.3 Å². The molecule has 3 heteroatoms. The van der Waals surface area contributed by atoms with Gasteiger partial charge in [0.25, 0.3) is 0 Å². The summed E-state index contributed by atoms with van der Waals surface area (Å²) in [4.78, 5) is 4.95. The number of rotatable bonds is 6. The molecule has 1 N–H and O–H groups in total. The van der Waals surface area contributed by atoms with Crippen LogP contribution in [0.4, 0.5) is 5.69 Å². The van der Waals surface area contributed by atoms with Gasteiger partial charge < -0.3 is 10.2 Å². The van der Waals surface area contributed by atoms with Gasteiger partial charge in [0.2, 0.25) is 0 Å². The molecule has 1 heterocycles. The molecule has 1 aromatic carbocycles. The number of likely N-dealkylation sites (N-methyl/N-ethyl adjacent to an activating group) is 1. The highest BCUT2D eigenvalue weighted by atomic mass is 15.2. The van der Waals surface area contributed by atoms with E-state index in [0.717, 1.165) is 19.0 Å². The maximum atomic E-state index is 3.62. The van der Waals surface area contributed by atoms with E-state index >= 15 is 0 Å². The van der Waals surface area contributed by atoms with Gasteiger partial charge in [-0.25, -0.2) is 0 Å². The van der Waals surface area contributed by atoms with Crippen LogP contribution in [-0.4, -0.2) is 49.1 Å². The lowest BCUT2D eigenvalue weighted by molar-refractivity contribution is 0.121. The molecular weight excluding hydrogens is 294 g/mol. The van der Waals surface area contributed by atoms with Crippen molar-refractivity contribution in [1.82, 2.24) is 9.80 Å². The molecule has 3 nitrogen and oxygen atoms in total. The van der Waals surface area contributed by atoms with Crippen LogP contribution in [0, 0.1) is 0 Å². The molecule has 0 radical (unpaired) electrons. The Hall–Kier alpha value is -1.06. The van der Waals surface area contributed by atoms with Crippen molar-refractivity contribution in [3.05, 3.63) is 29.3 Å². The van der Waals surface area contributed by atoms with E-state index in [9.17, 15) is 0 Å². The molecule has 0 amide bonds. The number of anilines is 1. The molecule has 24 heavy (non-hydrogen) atoms. The van der Waals surface area contributed by atoms with E-state index in [4.69, 9.17) is 0 Å². The molecule has 0 bridgehead atoms. The maximum absolute atomic E-state index is 3.62. The van der Waals surface area contributed by atoms with Crippen LogP contribution in [0.5, 0.6) is 0 Å². The molecule has 1 aliphatic carbocycles. The van der Waals surface area contributed by atoms with Crippen LogP contribution >= 0.6 is 0 Å². The summed E-state index contributed by atoms with van der Waals surface area (Å²) < 4.78 is 0. The van der Waals surface area contributed by atoms with Gasteiger partial charge in [-0.15, -0.1) is 0 Å². The zero-order valence-electron chi connectivity index (χ0n) is 16.2. The smallest absolute Gasteiger partial charge is 0.0357 e. The first-order chi connectivity index (χ1) is 11.4. The number of hydrogen-bond donors (Lipinski definition) is 1. The van der Waals surface area contributed by atoms with Crippen LogP contribution in [-0.2, 0) is 0 Å². The van der Waals surface area contributed by atoms with Gasteiger partial charge >= 0.3 is 0 Å². The van der Waals surface area contributed by atoms with E-state index in [1.165, 1.54) is 37.9 Å². The van der Waals surface area contributed by atoms with Crippen molar-refractivity contribution in [1.29, 1.82) is 0 Å². The predicted molar refractivity (Wildman–Crippen MR) is 104 cm³/mol. The minimum atomic E-state index is 0.246. The van der Waals surface area contributed by atoms with Crippen LogP contribution in [0.2, 0.25) is 0 Å². The molecule has 1 saturated carbocycles. The molecule has 3 rings (SSSR count). The second-order valence-corrected chi connectivity index (χ2v) is 8.87. The first kappa shape index (κ1) is 17.8. The Morgan fingerprint density at radius 3 is 2.50 bits per heavy atom. The summed E-state index contributed by atoms with van der Waals surface area (Å²) in [5.74, 6) is 0.818. The SMILES string of the molecule is CN(C)CCNc1ccc(C2CC2)c(C2CCCN2C(C)(C)C)c1. The Morgan fingerprint density at radius 2 is 1.88 bits per heavy atom. The van der Waals surface area contributed by atoms with E-state index in [1.54, 1.807) is 11.1 Å². The molecule has 1 unspecified atom stereocenters. The van der Waals surface area contributed by atoms with Gasteiger partial charge in [-0.3, -0.25) is 4.90 Å². The minimum Gasteiger partial charge on any atom is -0.384 e. The normalized spacial score (nSPS) is 22.3. The lowest BCUT2D eigenvalue weighted by Crippen LogP contribution is -2.40. The second kappa shape index (κ2) is 7.05. The highest BCUT2D eigenvalue weighted by Crippen LogP contribution is 2.47. The van der Waals surface area contributed by atoms with Gasteiger partial charge in [0, 0.05) is 30.4 Å². The van der Waals surface area contributed by atoms with E-state index in [-0.39, 0.29) is 5.54 Å². The Labute approximate surface area is 148 Å². The highest BCUT2D eigenvalue weighted by Gasteiger charge is 2.37. The Kier molecular flexibility index (Phi) is 5.22. The average Bonchev–Trinajstić information content (AvgIpc) is 3.21. The third-order valence-electron chi connectivity index (χ3n) is 5.47. The van der Waals surface area contributed by atoms with Crippen LogP contribution < -0.4 is 5.32 Å². The van der Waals surface area contributed by atoms with Crippen molar-refractivity contribution in [2.75, 3.05) is 39.0 Å². The zero-order valence-corrected chi connectivity index (χ0v) is 16.2. The van der Waals surface area contributed by atoms with E-state index in [1.807, 2.05) is 0 Å². The molecular formula is C21H35N3. The van der Waals surface area contributed by atoms with E-state index in [0.29, 0.717) is 6.04 Å². The minimum absolute atomic E-state index is 0.246. The van der Waals surface area contributed by atoms with E-state index < -0.39 is 0 Å². The monoisotopic (exact) mass is 329 g/mol. The number of benzene rings is 1. The molecule has 1 aliphatic heterocycles. The number of likely N-dealkylation sites (tertiary alicyclic amines) is 1. The molecule has 1 aromatic rings. The topological polar surface area (TPSA) is 18.5 Å². The third-order valence-corrected chi connectivity index (χ3v) is 5.47. The molecule has 1 atom stereocenters. The summed E-state index contributed by atoms with van der Waals surface area (Å²) in [5.41, 5.74) is 4.75. The lowest BCUT2D eigenvalue weighted by Gasteiger charge is -2.38. The molecule has 134 valence electrons. The first-order valence-electron chi connectivity index (χ1n) is 9.65. The first-order valence-corrected chi connectivity index (χ1v) is 9.65.